The van der Waals surface area contributed by atoms with Crippen molar-refractivity contribution in [2.45, 2.75) is 6.54 Å². The van der Waals surface area contributed by atoms with Crippen LogP contribution in [0.5, 0.6) is 0 Å². The van der Waals surface area contributed by atoms with Crippen molar-refractivity contribution in [2.24, 2.45) is 11.5 Å². The first-order valence-electron chi connectivity index (χ1n) is 7.65. The van der Waals surface area contributed by atoms with Crippen molar-refractivity contribution in [3.05, 3.63) is 65.7 Å². The largest absolute Gasteiger partial charge is 0.345 e. The smallest absolute Gasteiger partial charge is 0.339 e. The summed E-state index contributed by atoms with van der Waals surface area (Å²) < 4.78 is 0. The third-order valence-corrected chi connectivity index (χ3v) is 3.39. The van der Waals surface area contributed by atoms with Crippen LogP contribution in [0.25, 0.3) is 0 Å². The van der Waals surface area contributed by atoms with Gasteiger partial charge in [-0.3, -0.25) is 9.59 Å². The Balaban J connectivity index is 2.18. The third-order valence-electron chi connectivity index (χ3n) is 3.39. The number of anilines is 1. The second-order valence-corrected chi connectivity index (χ2v) is 5.20. The van der Waals surface area contributed by atoms with Crippen molar-refractivity contribution in [3.8, 4) is 0 Å². The van der Waals surface area contributed by atoms with Crippen molar-refractivity contribution >= 4 is 23.2 Å². The highest BCUT2D eigenvalue weighted by Gasteiger charge is 2.22. The van der Waals surface area contributed by atoms with Crippen LogP contribution in [0.4, 0.5) is 5.69 Å². The lowest BCUT2D eigenvalue weighted by Crippen LogP contribution is -2.37. The molecule has 2 aromatic carbocycles. The van der Waals surface area contributed by atoms with Gasteiger partial charge in [-0.15, -0.1) is 0 Å². The zero-order valence-electron chi connectivity index (χ0n) is 13.6. The number of Topliss-reactive ketones (excluding diaryl/α,β-unsaturated/α-hetero) is 2. The molecule has 2 rings (SSSR count). The van der Waals surface area contributed by atoms with Gasteiger partial charge in [0, 0.05) is 12.1 Å². The highest BCUT2D eigenvalue weighted by atomic mass is 16.7. The molecule has 0 aliphatic rings. The van der Waals surface area contributed by atoms with E-state index in [4.69, 9.17) is 16.3 Å². The van der Waals surface area contributed by atoms with Crippen molar-refractivity contribution < 1.29 is 19.2 Å². The molecule has 0 atom stereocenters. The first-order chi connectivity index (χ1) is 12.0. The van der Waals surface area contributed by atoms with Crippen molar-refractivity contribution in [1.82, 2.24) is 0 Å². The molecular weight excluding hydrogens is 322 g/mol. The molecule has 0 amide bonds. The number of hydrogen-bond donors (Lipinski definition) is 2. The van der Waals surface area contributed by atoms with E-state index >= 15 is 0 Å². The molecule has 0 aliphatic heterocycles. The molecular formula is C18H19N3O4. The summed E-state index contributed by atoms with van der Waals surface area (Å²) in [7, 11) is 0. The summed E-state index contributed by atoms with van der Waals surface area (Å²) in [6, 6.07) is 15.0. The lowest BCUT2D eigenvalue weighted by Gasteiger charge is -2.21. The molecule has 0 radical (unpaired) electrons. The van der Waals surface area contributed by atoms with E-state index in [-0.39, 0.29) is 18.7 Å². The molecule has 25 heavy (non-hydrogen) atoms. The van der Waals surface area contributed by atoms with Crippen LogP contribution in [0.1, 0.15) is 15.9 Å². The van der Waals surface area contributed by atoms with Crippen molar-refractivity contribution in [1.29, 1.82) is 0 Å². The lowest BCUT2D eigenvalue weighted by molar-refractivity contribution is -0.143. The van der Waals surface area contributed by atoms with Crippen LogP contribution in [-0.4, -0.2) is 30.6 Å². The first kappa shape index (κ1) is 18.3. The van der Waals surface area contributed by atoms with Crippen molar-refractivity contribution in [2.75, 3.05) is 18.2 Å². The molecule has 0 unspecified atom stereocenters. The molecule has 7 heteroatoms. The normalized spacial score (nSPS) is 10.2. The van der Waals surface area contributed by atoms with Crippen LogP contribution >= 0.6 is 0 Å². The Kier molecular flexibility index (Phi) is 6.39. The number of benzene rings is 2. The van der Waals surface area contributed by atoms with Crippen LogP contribution in [0.15, 0.2) is 54.6 Å². The second kappa shape index (κ2) is 8.72. The summed E-state index contributed by atoms with van der Waals surface area (Å²) in [5, 5.41) is 1.06. The van der Waals surface area contributed by atoms with E-state index in [0.717, 1.165) is 10.6 Å². The quantitative estimate of drug-likeness (QED) is 0.415. The fourth-order valence-electron chi connectivity index (χ4n) is 2.13. The maximum Gasteiger partial charge on any atom is 0.345 e. The number of nitrogens with two attached hydrogens (primary N) is 2. The summed E-state index contributed by atoms with van der Waals surface area (Å²) in [6.07, 6.45) is 0. The molecule has 0 bridgehead atoms. The number of hydroxylamine groups is 1. The predicted molar refractivity (Wildman–Crippen MR) is 92.6 cm³/mol. The average Bonchev–Trinajstić information content (AvgIpc) is 2.67. The number of para-hydroxylation sites is 1. The van der Waals surface area contributed by atoms with Gasteiger partial charge in [-0.1, -0.05) is 36.4 Å². The Bertz CT molecular complexity index is 762. The molecule has 0 aromatic heterocycles. The van der Waals surface area contributed by atoms with E-state index in [1.54, 1.807) is 48.5 Å². The number of hydrogen-bond acceptors (Lipinski definition) is 7. The average molecular weight is 341 g/mol. The van der Waals surface area contributed by atoms with E-state index in [1.165, 1.54) is 6.07 Å². The Morgan fingerprint density at radius 3 is 2.32 bits per heavy atom. The van der Waals surface area contributed by atoms with Gasteiger partial charge in [0.25, 0.3) is 0 Å². The van der Waals surface area contributed by atoms with E-state index in [9.17, 15) is 14.4 Å². The summed E-state index contributed by atoms with van der Waals surface area (Å²) >= 11 is 0. The third kappa shape index (κ3) is 4.97. The van der Waals surface area contributed by atoms with Gasteiger partial charge in [0.2, 0.25) is 11.6 Å². The van der Waals surface area contributed by atoms with Gasteiger partial charge in [0.15, 0.2) is 0 Å². The monoisotopic (exact) mass is 341 g/mol. The minimum Gasteiger partial charge on any atom is -0.339 e. The van der Waals surface area contributed by atoms with Crippen LogP contribution in [-0.2, 0) is 21.0 Å². The number of carbonyl (C=O) groups is 3. The zero-order chi connectivity index (χ0) is 18.2. The predicted octanol–water partition coefficient (Wildman–Crippen LogP) is 0.821. The molecule has 0 saturated heterocycles. The molecule has 7 nitrogen and oxygen atoms in total. The summed E-state index contributed by atoms with van der Waals surface area (Å²) in [4.78, 5) is 41.3. The van der Waals surface area contributed by atoms with Gasteiger partial charge in [0.05, 0.1) is 12.2 Å². The highest BCUT2D eigenvalue weighted by Crippen LogP contribution is 2.15. The molecule has 2 aromatic rings. The summed E-state index contributed by atoms with van der Waals surface area (Å²) in [5.74, 6) is -2.11. The van der Waals surface area contributed by atoms with E-state index < -0.39 is 24.1 Å². The lowest BCUT2D eigenvalue weighted by atomic mass is 10.0. The maximum atomic E-state index is 12.4. The minimum atomic E-state index is -0.720. The highest BCUT2D eigenvalue weighted by molar-refractivity contribution is 6.44. The number of nitrogens with zero attached hydrogens (tertiary/aromatic N) is 1. The molecule has 130 valence electrons. The van der Waals surface area contributed by atoms with E-state index in [1.807, 2.05) is 0 Å². The van der Waals surface area contributed by atoms with Gasteiger partial charge in [0.1, 0.15) is 6.54 Å². The first-order valence-corrected chi connectivity index (χ1v) is 7.65. The molecule has 4 N–H and O–H groups in total. The van der Waals surface area contributed by atoms with Gasteiger partial charge >= 0.3 is 5.97 Å². The summed E-state index contributed by atoms with van der Waals surface area (Å²) in [6.45, 7) is -0.495. The Labute approximate surface area is 145 Å². The van der Waals surface area contributed by atoms with Gasteiger partial charge in [-0.2, -0.15) is 5.06 Å². The van der Waals surface area contributed by atoms with Gasteiger partial charge in [-0.05, 0) is 23.8 Å². The van der Waals surface area contributed by atoms with E-state index in [0.29, 0.717) is 5.69 Å². The molecule has 0 fully saturated rings. The fourth-order valence-corrected chi connectivity index (χ4v) is 2.13. The van der Waals surface area contributed by atoms with Crippen LogP contribution in [0.2, 0.25) is 0 Å². The SMILES string of the molecule is NCC(=O)ON(CC(=O)C(=O)c1cccc(CN)c1)c1ccccc1. The van der Waals surface area contributed by atoms with Crippen LogP contribution < -0.4 is 16.5 Å². The fraction of sp³-hybridized carbons (Fsp3) is 0.167. The standard InChI is InChI=1S/C18H19N3O4/c19-10-13-5-4-6-14(9-13)18(24)16(22)12-21(25-17(23)11-20)15-7-2-1-3-8-15/h1-9H,10-12,19-20H2. The topological polar surface area (TPSA) is 116 Å². The zero-order valence-corrected chi connectivity index (χ0v) is 13.6. The Morgan fingerprint density at radius 1 is 0.960 bits per heavy atom. The number of rotatable bonds is 8. The molecule has 0 saturated carbocycles. The molecule has 0 heterocycles. The minimum absolute atomic E-state index is 0.242. The number of carbonyl (C=O) groups excluding carboxylic acids is 3. The van der Waals surface area contributed by atoms with Crippen LogP contribution in [0, 0.1) is 0 Å². The van der Waals surface area contributed by atoms with Crippen molar-refractivity contribution in [3.63, 3.8) is 0 Å². The van der Waals surface area contributed by atoms with Crippen LogP contribution in [0.3, 0.4) is 0 Å². The molecule has 0 spiro atoms. The van der Waals surface area contributed by atoms with E-state index in [2.05, 4.69) is 0 Å². The Hall–Kier alpha value is -3.03. The maximum absolute atomic E-state index is 12.4. The van der Waals surface area contributed by atoms with Gasteiger partial charge in [-0.25, -0.2) is 4.79 Å². The second-order valence-electron chi connectivity index (χ2n) is 5.20. The van der Waals surface area contributed by atoms with Gasteiger partial charge < -0.3 is 16.3 Å². The number of ketones is 2. The summed E-state index contributed by atoms with van der Waals surface area (Å²) in [5.41, 5.74) is 12.2. The molecule has 0 aliphatic carbocycles. The Morgan fingerprint density at radius 2 is 1.68 bits per heavy atom.